The molecule has 0 heterocycles. The summed E-state index contributed by atoms with van der Waals surface area (Å²) in [5.41, 5.74) is 5.74. The zero-order valence-electron chi connectivity index (χ0n) is 11.4. The molecule has 3 N–H and O–H groups in total. The van der Waals surface area contributed by atoms with Gasteiger partial charge in [-0.3, -0.25) is 4.79 Å². The van der Waals surface area contributed by atoms with Gasteiger partial charge < -0.3 is 11.1 Å². The maximum absolute atomic E-state index is 12.3. The quantitative estimate of drug-likeness (QED) is 0.828. The summed E-state index contributed by atoms with van der Waals surface area (Å²) in [6, 6.07) is 0.437. The van der Waals surface area contributed by atoms with Crippen LogP contribution in [0.1, 0.15) is 51.9 Å². The number of rotatable bonds is 4. The minimum Gasteiger partial charge on any atom is -0.353 e. The molecule has 2 unspecified atom stereocenters. The number of amides is 1. The summed E-state index contributed by atoms with van der Waals surface area (Å²) < 4.78 is 0. The number of carbonyl (C=O) groups excluding carboxylic acids is 1. The van der Waals surface area contributed by atoms with Crippen LogP contribution in [0.25, 0.3) is 0 Å². The molecule has 0 aliphatic heterocycles. The van der Waals surface area contributed by atoms with E-state index in [9.17, 15) is 4.79 Å². The third-order valence-electron chi connectivity index (χ3n) is 4.81. The number of halogens is 1. The molecular weight excluding hydrogens is 248 g/mol. The number of carbonyl (C=O) groups is 1. The maximum atomic E-state index is 12.3. The van der Waals surface area contributed by atoms with Gasteiger partial charge in [-0.15, -0.1) is 12.4 Å². The van der Waals surface area contributed by atoms with Crippen molar-refractivity contribution in [3.05, 3.63) is 0 Å². The van der Waals surface area contributed by atoms with E-state index in [1.807, 2.05) is 0 Å². The van der Waals surface area contributed by atoms with Crippen LogP contribution in [-0.4, -0.2) is 18.5 Å². The first kappa shape index (κ1) is 15.8. The molecule has 3 nitrogen and oxygen atoms in total. The van der Waals surface area contributed by atoms with E-state index in [2.05, 4.69) is 12.2 Å². The topological polar surface area (TPSA) is 55.1 Å². The molecule has 0 aromatic heterocycles. The first-order valence-electron chi connectivity index (χ1n) is 7.26. The summed E-state index contributed by atoms with van der Waals surface area (Å²) in [5.74, 6) is 1.61. The SMILES string of the molecule is CCC1CCCC1NC(=O)[C@@H]1CCC[C@@H]1CN.Cl. The predicted octanol–water partition coefficient (Wildman–Crippen LogP) is 2.48. The van der Waals surface area contributed by atoms with Gasteiger partial charge in [-0.1, -0.05) is 26.2 Å². The Hall–Kier alpha value is -0.280. The zero-order chi connectivity index (χ0) is 12.3. The van der Waals surface area contributed by atoms with Gasteiger partial charge in [0.25, 0.3) is 0 Å². The average Bonchev–Trinajstić information content (AvgIpc) is 2.96. The van der Waals surface area contributed by atoms with Gasteiger partial charge in [0.1, 0.15) is 0 Å². The largest absolute Gasteiger partial charge is 0.353 e. The fourth-order valence-corrected chi connectivity index (χ4v) is 3.67. The Balaban J connectivity index is 0.00000162. The summed E-state index contributed by atoms with van der Waals surface area (Å²) >= 11 is 0. The highest BCUT2D eigenvalue weighted by atomic mass is 35.5. The van der Waals surface area contributed by atoms with Crippen molar-refractivity contribution in [3.63, 3.8) is 0 Å². The highest BCUT2D eigenvalue weighted by Crippen LogP contribution is 2.33. The minimum atomic E-state index is 0. The highest BCUT2D eigenvalue weighted by molar-refractivity contribution is 5.85. The lowest BCUT2D eigenvalue weighted by atomic mass is 9.94. The van der Waals surface area contributed by atoms with Gasteiger partial charge in [0.05, 0.1) is 0 Å². The van der Waals surface area contributed by atoms with E-state index in [-0.39, 0.29) is 24.2 Å². The van der Waals surface area contributed by atoms with Crippen molar-refractivity contribution in [2.75, 3.05) is 6.54 Å². The van der Waals surface area contributed by atoms with Crippen LogP contribution in [0.3, 0.4) is 0 Å². The van der Waals surface area contributed by atoms with Gasteiger partial charge >= 0.3 is 0 Å². The molecule has 2 aliphatic carbocycles. The molecule has 0 aromatic carbocycles. The summed E-state index contributed by atoms with van der Waals surface area (Å²) in [7, 11) is 0. The molecule has 2 rings (SSSR count). The first-order valence-corrected chi connectivity index (χ1v) is 7.26. The van der Waals surface area contributed by atoms with E-state index in [0.717, 1.165) is 12.8 Å². The van der Waals surface area contributed by atoms with Gasteiger partial charge in [-0.25, -0.2) is 0 Å². The van der Waals surface area contributed by atoms with Crippen molar-refractivity contribution in [2.24, 2.45) is 23.5 Å². The molecule has 2 aliphatic rings. The number of hydrogen-bond donors (Lipinski definition) is 2. The molecule has 0 bridgehead atoms. The van der Waals surface area contributed by atoms with Crippen LogP contribution in [0.4, 0.5) is 0 Å². The lowest BCUT2D eigenvalue weighted by Crippen LogP contribution is -2.42. The molecule has 18 heavy (non-hydrogen) atoms. The van der Waals surface area contributed by atoms with E-state index in [1.54, 1.807) is 0 Å². The van der Waals surface area contributed by atoms with Crippen molar-refractivity contribution in [1.29, 1.82) is 0 Å². The average molecular weight is 275 g/mol. The van der Waals surface area contributed by atoms with Gasteiger partial charge in [0.2, 0.25) is 5.91 Å². The van der Waals surface area contributed by atoms with Crippen LogP contribution >= 0.6 is 12.4 Å². The fraction of sp³-hybridized carbons (Fsp3) is 0.929. The molecule has 106 valence electrons. The Morgan fingerprint density at radius 2 is 1.83 bits per heavy atom. The van der Waals surface area contributed by atoms with E-state index in [1.165, 1.54) is 32.1 Å². The van der Waals surface area contributed by atoms with E-state index >= 15 is 0 Å². The number of nitrogens with one attached hydrogen (secondary N) is 1. The van der Waals surface area contributed by atoms with Crippen molar-refractivity contribution >= 4 is 18.3 Å². The fourth-order valence-electron chi connectivity index (χ4n) is 3.67. The zero-order valence-corrected chi connectivity index (χ0v) is 12.2. The van der Waals surface area contributed by atoms with Crippen molar-refractivity contribution in [2.45, 2.75) is 57.9 Å². The standard InChI is InChI=1S/C14H26N2O.ClH/c1-2-10-5-4-8-13(10)16-14(17)12-7-3-6-11(12)9-15;/h10-13H,2-9,15H2,1H3,(H,16,17);1H/t10?,11-,12-,13?;/m1./s1. The lowest BCUT2D eigenvalue weighted by Gasteiger charge is -2.24. The number of hydrogen-bond acceptors (Lipinski definition) is 2. The van der Waals surface area contributed by atoms with E-state index in [4.69, 9.17) is 5.73 Å². The Bertz CT molecular complexity index is 273. The Morgan fingerprint density at radius 1 is 1.17 bits per heavy atom. The monoisotopic (exact) mass is 274 g/mol. The third-order valence-corrected chi connectivity index (χ3v) is 4.81. The first-order chi connectivity index (χ1) is 8.26. The van der Waals surface area contributed by atoms with Crippen LogP contribution < -0.4 is 11.1 Å². The Labute approximate surface area is 117 Å². The molecule has 2 saturated carbocycles. The Kier molecular flexibility index (Phi) is 6.44. The Morgan fingerprint density at radius 3 is 2.50 bits per heavy atom. The molecule has 2 fully saturated rings. The lowest BCUT2D eigenvalue weighted by molar-refractivity contribution is -0.126. The second kappa shape index (κ2) is 7.34. The molecule has 0 spiro atoms. The summed E-state index contributed by atoms with van der Waals surface area (Å²) in [5, 5.41) is 3.29. The molecule has 4 heteroatoms. The van der Waals surface area contributed by atoms with Crippen LogP contribution in [0.15, 0.2) is 0 Å². The van der Waals surface area contributed by atoms with Crippen molar-refractivity contribution in [3.8, 4) is 0 Å². The van der Waals surface area contributed by atoms with Crippen molar-refractivity contribution in [1.82, 2.24) is 5.32 Å². The molecule has 1 amide bonds. The molecule has 4 atom stereocenters. The third kappa shape index (κ3) is 3.39. The molecular formula is C14H27ClN2O. The van der Waals surface area contributed by atoms with Gasteiger partial charge in [0.15, 0.2) is 0 Å². The second-order valence-corrected chi connectivity index (χ2v) is 5.75. The summed E-state index contributed by atoms with van der Waals surface area (Å²) in [4.78, 5) is 12.3. The van der Waals surface area contributed by atoms with Gasteiger partial charge in [-0.2, -0.15) is 0 Å². The number of nitrogens with two attached hydrogens (primary N) is 1. The highest BCUT2D eigenvalue weighted by Gasteiger charge is 2.34. The van der Waals surface area contributed by atoms with Crippen LogP contribution in [0.2, 0.25) is 0 Å². The van der Waals surface area contributed by atoms with Gasteiger partial charge in [-0.05, 0) is 44.1 Å². The summed E-state index contributed by atoms with van der Waals surface area (Å²) in [6.45, 7) is 2.90. The van der Waals surface area contributed by atoms with Crippen molar-refractivity contribution < 1.29 is 4.79 Å². The minimum absolute atomic E-state index is 0. The van der Waals surface area contributed by atoms with E-state index in [0.29, 0.717) is 24.4 Å². The molecule has 0 radical (unpaired) electrons. The van der Waals surface area contributed by atoms with Crippen LogP contribution in [-0.2, 0) is 4.79 Å². The molecule has 0 saturated heterocycles. The van der Waals surface area contributed by atoms with Crippen LogP contribution in [0, 0.1) is 17.8 Å². The maximum Gasteiger partial charge on any atom is 0.223 e. The van der Waals surface area contributed by atoms with E-state index < -0.39 is 0 Å². The van der Waals surface area contributed by atoms with Gasteiger partial charge in [0, 0.05) is 12.0 Å². The smallest absolute Gasteiger partial charge is 0.223 e. The predicted molar refractivity (Wildman–Crippen MR) is 76.7 cm³/mol. The van der Waals surface area contributed by atoms with Crippen LogP contribution in [0.5, 0.6) is 0 Å². The normalized spacial score (nSPS) is 35.2. The summed E-state index contributed by atoms with van der Waals surface area (Å²) in [6.07, 6.45) is 8.26. The second-order valence-electron chi connectivity index (χ2n) is 5.75. The molecule has 0 aromatic rings.